The highest BCUT2D eigenvalue weighted by molar-refractivity contribution is 5.91. The summed E-state index contributed by atoms with van der Waals surface area (Å²) in [6.07, 6.45) is 4.28. The molecule has 2 aromatic carbocycles. The van der Waals surface area contributed by atoms with E-state index in [0.29, 0.717) is 18.8 Å². The van der Waals surface area contributed by atoms with Crippen LogP contribution in [0.2, 0.25) is 0 Å². The van der Waals surface area contributed by atoms with Gasteiger partial charge in [-0.1, -0.05) is 35.5 Å². The molecule has 0 saturated heterocycles. The van der Waals surface area contributed by atoms with Gasteiger partial charge in [0.1, 0.15) is 5.75 Å². The molecule has 0 aliphatic carbocycles. The van der Waals surface area contributed by atoms with Crippen molar-refractivity contribution in [3.8, 4) is 5.75 Å². The summed E-state index contributed by atoms with van der Waals surface area (Å²) in [5, 5.41) is 16.4. The van der Waals surface area contributed by atoms with E-state index in [0.717, 1.165) is 35.2 Å². The second kappa shape index (κ2) is 8.55. The van der Waals surface area contributed by atoms with Gasteiger partial charge >= 0.3 is 0 Å². The Hall–Kier alpha value is -3.68. The highest BCUT2D eigenvalue weighted by Crippen LogP contribution is 2.13. The number of rotatable bonds is 8. The quantitative estimate of drug-likeness (QED) is 0.467. The van der Waals surface area contributed by atoms with Gasteiger partial charge in [0, 0.05) is 18.5 Å². The molecule has 0 unspecified atom stereocenters. The van der Waals surface area contributed by atoms with Crippen molar-refractivity contribution in [1.82, 2.24) is 30.1 Å². The summed E-state index contributed by atoms with van der Waals surface area (Å²) in [4.78, 5) is 12.3. The number of aromatic nitrogens is 5. The Balaban J connectivity index is 1.26. The maximum absolute atomic E-state index is 12.3. The average molecular weight is 390 g/mol. The predicted octanol–water partition coefficient (Wildman–Crippen LogP) is 2.50. The summed E-state index contributed by atoms with van der Waals surface area (Å²) in [7, 11) is 1.63. The predicted molar refractivity (Wildman–Crippen MR) is 109 cm³/mol. The number of amides is 1. The largest absolute Gasteiger partial charge is 0.497 e. The highest BCUT2D eigenvalue weighted by Gasteiger charge is 2.10. The van der Waals surface area contributed by atoms with E-state index in [9.17, 15) is 4.79 Å². The smallest absolute Gasteiger partial charge is 0.273 e. The Morgan fingerprint density at radius 2 is 1.97 bits per heavy atom. The van der Waals surface area contributed by atoms with Crippen LogP contribution in [0.1, 0.15) is 22.5 Å². The van der Waals surface area contributed by atoms with E-state index < -0.39 is 0 Å². The third kappa shape index (κ3) is 4.43. The number of methoxy groups -OCH3 is 1. The molecule has 4 aromatic rings. The molecule has 1 N–H and O–H groups in total. The minimum Gasteiger partial charge on any atom is -0.497 e. The number of nitrogens with zero attached hydrogens (tertiary/aromatic N) is 5. The lowest BCUT2D eigenvalue weighted by Crippen LogP contribution is -2.25. The Labute approximate surface area is 168 Å². The number of fused-ring (bicyclic) bond motifs is 1. The van der Waals surface area contributed by atoms with Crippen LogP contribution in [0.3, 0.4) is 0 Å². The van der Waals surface area contributed by atoms with Gasteiger partial charge in [-0.15, -0.1) is 5.10 Å². The number of hydrogen-bond acceptors (Lipinski definition) is 5. The number of para-hydroxylation sites is 1. The zero-order chi connectivity index (χ0) is 20.1. The van der Waals surface area contributed by atoms with Crippen molar-refractivity contribution in [1.29, 1.82) is 0 Å². The number of benzene rings is 2. The molecule has 4 rings (SSSR count). The summed E-state index contributed by atoms with van der Waals surface area (Å²) in [5.41, 5.74) is 2.46. The third-order valence-electron chi connectivity index (χ3n) is 4.66. The van der Waals surface area contributed by atoms with Gasteiger partial charge in [0.15, 0.2) is 5.69 Å². The van der Waals surface area contributed by atoms with E-state index in [-0.39, 0.29) is 5.91 Å². The van der Waals surface area contributed by atoms with Crippen LogP contribution < -0.4 is 10.1 Å². The van der Waals surface area contributed by atoms with Gasteiger partial charge in [-0.2, -0.15) is 5.10 Å². The fourth-order valence-corrected chi connectivity index (χ4v) is 3.12. The number of aryl methyl sites for hydroxylation is 1. The fraction of sp³-hybridized carbons (Fsp3) is 0.238. The molecule has 0 aliphatic heterocycles. The number of nitrogens with one attached hydrogen (secondary N) is 1. The summed E-state index contributed by atoms with van der Waals surface area (Å²) in [5.74, 6) is 0.576. The summed E-state index contributed by atoms with van der Waals surface area (Å²) >= 11 is 0. The molecular weight excluding hydrogens is 368 g/mol. The normalized spacial score (nSPS) is 10.9. The Bertz CT molecular complexity index is 1100. The molecular formula is C21H22N6O2. The summed E-state index contributed by atoms with van der Waals surface area (Å²) in [6, 6.07) is 15.8. The van der Waals surface area contributed by atoms with Crippen LogP contribution in [0.15, 0.2) is 60.9 Å². The van der Waals surface area contributed by atoms with Gasteiger partial charge in [0.05, 0.1) is 31.6 Å². The molecule has 0 fully saturated rings. The van der Waals surface area contributed by atoms with E-state index in [1.807, 2.05) is 59.4 Å². The molecule has 0 bridgehead atoms. The van der Waals surface area contributed by atoms with Gasteiger partial charge in [0.2, 0.25) is 0 Å². The Morgan fingerprint density at radius 3 is 2.79 bits per heavy atom. The molecule has 8 nitrogen and oxygen atoms in total. The van der Waals surface area contributed by atoms with Crippen LogP contribution in [-0.4, -0.2) is 44.3 Å². The minimum absolute atomic E-state index is 0.226. The summed E-state index contributed by atoms with van der Waals surface area (Å²) < 4.78 is 8.75. The van der Waals surface area contributed by atoms with Gasteiger partial charge in [-0.25, -0.2) is 4.68 Å². The molecule has 2 aromatic heterocycles. The first-order valence-corrected chi connectivity index (χ1v) is 9.45. The maximum Gasteiger partial charge on any atom is 0.273 e. The monoisotopic (exact) mass is 390 g/mol. The number of hydrogen-bond donors (Lipinski definition) is 1. The second-order valence-corrected chi connectivity index (χ2v) is 6.69. The van der Waals surface area contributed by atoms with Crippen LogP contribution >= 0.6 is 0 Å². The first kappa shape index (κ1) is 18.7. The molecule has 0 atom stereocenters. The zero-order valence-corrected chi connectivity index (χ0v) is 16.2. The topological polar surface area (TPSA) is 86.9 Å². The SMILES string of the molecule is COc1ccc(Cn2cc(C(=O)NCCCn3ncc4ccccc43)nn2)cc1. The Kier molecular flexibility index (Phi) is 5.51. The molecule has 0 aliphatic rings. The van der Waals surface area contributed by atoms with Crippen molar-refractivity contribution in [2.75, 3.05) is 13.7 Å². The molecule has 0 radical (unpaired) electrons. The van der Waals surface area contributed by atoms with E-state index in [4.69, 9.17) is 4.74 Å². The number of ether oxygens (including phenoxy) is 1. The van der Waals surface area contributed by atoms with E-state index in [2.05, 4.69) is 20.7 Å². The van der Waals surface area contributed by atoms with Crippen molar-refractivity contribution < 1.29 is 9.53 Å². The molecule has 148 valence electrons. The van der Waals surface area contributed by atoms with E-state index in [1.54, 1.807) is 18.0 Å². The maximum atomic E-state index is 12.3. The van der Waals surface area contributed by atoms with Gasteiger partial charge in [-0.3, -0.25) is 9.48 Å². The summed E-state index contributed by atoms with van der Waals surface area (Å²) in [6.45, 7) is 1.81. The van der Waals surface area contributed by atoms with Crippen molar-refractivity contribution in [2.24, 2.45) is 0 Å². The van der Waals surface area contributed by atoms with Crippen molar-refractivity contribution in [3.63, 3.8) is 0 Å². The van der Waals surface area contributed by atoms with E-state index in [1.165, 1.54) is 0 Å². The second-order valence-electron chi connectivity index (χ2n) is 6.69. The molecule has 1 amide bonds. The Morgan fingerprint density at radius 1 is 1.14 bits per heavy atom. The first-order chi connectivity index (χ1) is 14.2. The lowest BCUT2D eigenvalue weighted by Gasteiger charge is -2.05. The number of carbonyl (C=O) groups excluding carboxylic acids is 1. The molecule has 8 heteroatoms. The minimum atomic E-state index is -0.226. The average Bonchev–Trinajstić information content (AvgIpc) is 3.39. The number of carbonyl (C=O) groups is 1. The highest BCUT2D eigenvalue weighted by atomic mass is 16.5. The van der Waals surface area contributed by atoms with Crippen molar-refractivity contribution in [2.45, 2.75) is 19.5 Å². The van der Waals surface area contributed by atoms with Crippen LogP contribution in [0.4, 0.5) is 0 Å². The van der Waals surface area contributed by atoms with Crippen molar-refractivity contribution in [3.05, 3.63) is 72.2 Å². The van der Waals surface area contributed by atoms with Gasteiger partial charge in [0.25, 0.3) is 5.91 Å². The molecule has 29 heavy (non-hydrogen) atoms. The molecule has 0 saturated carbocycles. The third-order valence-corrected chi connectivity index (χ3v) is 4.66. The van der Waals surface area contributed by atoms with Gasteiger partial charge < -0.3 is 10.1 Å². The standard InChI is InChI=1S/C21H22N6O2/c1-29-18-9-7-16(8-10-18)14-26-15-19(24-25-26)21(28)22-11-4-12-27-20-6-3-2-5-17(20)13-23-27/h2-3,5-10,13,15H,4,11-12,14H2,1H3,(H,22,28). The van der Waals surface area contributed by atoms with E-state index >= 15 is 0 Å². The molecule has 2 heterocycles. The lowest BCUT2D eigenvalue weighted by molar-refractivity contribution is 0.0947. The molecule has 0 spiro atoms. The first-order valence-electron chi connectivity index (χ1n) is 9.45. The zero-order valence-electron chi connectivity index (χ0n) is 16.2. The van der Waals surface area contributed by atoms with Crippen LogP contribution in [-0.2, 0) is 13.1 Å². The van der Waals surface area contributed by atoms with Crippen LogP contribution in [0, 0.1) is 0 Å². The lowest BCUT2D eigenvalue weighted by atomic mass is 10.2. The van der Waals surface area contributed by atoms with Crippen LogP contribution in [0.5, 0.6) is 5.75 Å². The fourth-order valence-electron chi connectivity index (χ4n) is 3.12. The van der Waals surface area contributed by atoms with Gasteiger partial charge in [-0.05, 0) is 30.2 Å². The van der Waals surface area contributed by atoms with Crippen LogP contribution in [0.25, 0.3) is 10.9 Å². The van der Waals surface area contributed by atoms with Crippen molar-refractivity contribution >= 4 is 16.8 Å².